The highest BCUT2D eigenvalue weighted by atomic mass is 35.5. The van der Waals surface area contributed by atoms with Gasteiger partial charge in [0.1, 0.15) is 0 Å². The third-order valence-corrected chi connectivity index (χ3v) is 4.75. The van der Waals surface area contributed by atoms with E-state index in [-0.39, 0.29) is 30.3 Å². The number of halogens is 1. The second-order valence-electron chi connectivity index (χ2n) is 6.93. The van der Waals surface area contributed by atoms with Gasteiger partial charge in [0.2, 0.25) is 5.91 Å². The Labute approximate surface area is 179 Å². The first-order chi connectivity index (χ1) is 13.6. The molecule has 1 aromatic carbocycles. The van der Waals surface area contributed by atoms with Crippen LogP contribution in [-0.2, 0) is 4.79 Å². The lowest BCUT2D eigenvalue weighted by Crippen LogP contribution is -2.49. The van der Waals surface area contributed by atoms with Crippen molar-refractivity contribution in [2.45, 2.75) is 52.0 Å². The summed E-state index contributed by atoms with van der Waals surface area (Å²) >= 11 is 0. The first-order valence-electron chi connectivity index (χ1n) is 10.3. The molecule has 7 nitrogen and oxygen atoms in total. The molecule has 0 aromatic heterocycles. The second-order valence-corrected chi connectivity index (χ2v) is 6.93. The zero-order chi connectivity index (χ0) is 20.4. The van der Waals surface area contributed by atoms with Gasteiger partial charge in [0.15, 0.2) is 11.5 Å². The summed E-state index contributed by atoms with van der Waals surface area (Å²) in [5.41, 5.74) is 6.00. The van der Waals surface area contributed by atoms with Crippen LogP contribution in [0, 0.1) is 0 Å². The minimum Gasteiger partial charge on any atom is -0.490 e. The van der Waals surface area contributed by atoms with Crippen molar-refractivity contribution in [3.8, 4) is 11.5 Å². The van der Waals surface area contributed by atoms with Crippen molar-refractivity contribution in [3.63, 3.8) is 0 Å². The van der Waals surface area contributed by atoms with E-state index in [1.807, 2.05) is 18.7 Å². The van der Waals surface area contributed by atoms with Crippen LogP contribution in [-0.4, -0.2) is 55.6 Å². The fourth-order valence-corrected chi connectivity index (χ4v) is 3.34. The fraction of sp³-hybridized carbons (Fsp3) is 0.619. The summed E-state index contributed by atoms with van der Waals surface area (Å²) < 4.78 is 11.4. The molecule has 29 heavy (non-hydrogen) atoms. The number of rotatable bonds is 10. The number of hydrogen-bond acceptors (Lipinski definition) is 5. The van der Waals surface area contributed by atoms with E-state index in [0.717, 1.165) is 25.7 Å². The van der Waals surface area contributed by atoms with Crippen LogP contribution in [0.15, 0.2) is 18.2 Å². The second kappa shape index (κ2) is 13.3. The minimum atomic E-state index is -0.0727. The van der Waals surface area contributed by atoms with Crippen LogP contribution < -0.4 is 20.5 Å². The first kappa shape index (κ1) is 25.0. The third kappa shape index (κ3) is 7.40. The first-order valence-corrected chi connectivity index (χ1v) is 10.3. The number of nitrogens with zero attached hydrogens (tertiary/aromatic N) is 1. The maximum absolute atomic E-state index is 13.2. The van der Waals surface area contributed by atoms with Crippen molar-refractivity contribution in [1.82, 2.24) is 10.2 Å². The minimum absolute atomic E-state index is 0. The third-order valence-electron chi connectivity index (χ3n) is 4.75. The SMILES string of the molecule is CCCOc1ccc(C(=O)N2CCCCC2CNC(=O)CCN)cc1OCC.Cl. The van der Waals surface area contributed by atoms with E-state index >= 15 is 0 Å². The molecule has 3 N–H and O–H groups in total. The van der Waals surface area contributed by atoms with Gasteiger partial charge in [0.05, 0.1) is 13.2 Å². The van der Waals surface area contributed by atoms with E-state index < -0.39 is 0 Å². The molecule has 0 spiro atoms. The summed E-state index contributed by atoms with van der Waals surface area (Å²) in [5.74, 6) is 1.13. The fourth-order valence-electron chi connectivity index (χ4n) is 3.34. The van der Waals surface area contributed by atoms with Gasteiger partial charge in [-0.25, -0.2) is 0 Å². The molecule has 1 heterocycles. The molecule has 0 bridgehead atoms. The molecule has 2 amide bonds. The van der Waals surface area contributed by atoms with Gasteiger partial charge in [-0.2, -0.15) is 0 Å². The van der Waals surface area contributed by atoms with Crippen molar-refractivity contribution >= 4 is 24.2 Å². The van der Waals surface area contributed by atoms with Crippen molar-refractivity contribution in [1.29, 1.82) is 0 Å². The van der Waals surface area contributed by atoms with Gasteiger partial charge in [0, 0.05) is 37.7 Å². The Morgan fingerprint density at radius 2 is 2.00 bits per heavy atom. The molecule has 1 aromatic rings. The van der Waals surface area contributed by atoms with Crippen molar-refractivity contribution < 1.29 is 19.1 Å². The number of hydrogen-bond donors (Lipinski definition) is 2. The van der Waals surface area contributed by atoms with Crippen molar-refractivity contribution in [2.24, 2.45) is 5.73 Å². The van der Waals surface area contributed by atoms with Gasteiger partial charge < -0.3 is 25.4 Å². The highest BCUT2D eigenvalue weighted by Crippen LogP contribution is 2.30. The Balaban J connectivity index is 0.00000420. The molecule has 8 heteroatoms. The van der Waals surface area contributed by atoms with Gasteiger partial charge in [-0.1, -0.05) is 6.92 Å². The number of nitrogens with one attached hydrogen (secondary N) is 1. The van der Waals surface area contributed by atoms with Gasteiger partial charge >= 0.3 is 0 Å². The molecule has 1 aliphatic rings. The number of piperidine rings is 1. The lowest BCUT2D eigenvalue weighted by Gasteiger charge is -2.36. The summed E-state index contributed by atoms with van der Waals surface area (Å²) in [5, 5.41) is 2.90. The predicted molar refractivity (Wildman–Crippen MR) is 116 cm³/mol. The highest BCUT2D eigenvalue weighted by molar-refractivity contribution is 5.95. The molecule has 1 unspecified atom stereocenters. The number of ether oxygens (including phenoxy) is 2. The summed E-state index contributed by atoms with van der Waals surface area (Å²) in [4.78, 5) is 26.8. The Kier molecular flexibility index (Phi) is 11.5. The van der Waals surface area contributed by atoms with E-state index in [4.69, 9.17) is 15.2 Å². The molecule has 1 atom stereocenters. The summed E-state index contributed by atoms with van der Waals surface area (Å²) in [6.07, 6.45) is 4.10. The molecular formula is C21H34ClN3O4. The molecule has 2 rings (SSSR count). The Morgan fingerprint density at radius 3 is 2.69 bits per heavy atom. The number of benzene rings is 1. The van der Waals surface area contributed by atoms with E-state index in [1.165, 1.54) is 0 Å². The average Bonchev–Trinajstić information content (AvgIpc) is 2.71. The summed E-state index contributed by atoms with van der Waals surface area (Å²) in [6, 6.07) is 5.34. The smallest absolute Gasteiger partial charge is 0.254 e. The van der Waals surface area contributed by atoms with Crippen LogP contribution in [0.3, 0.4) is 0 Å². The van der Waals surface area contributed by atoms with Crippen LogP contribution in [0.25, 0.3) is 0 Å². The molecule has 1 saturated heterocycles. The van der Waals surface area contributed by atoms with Crippen LogP contribution >= 0.6 is 12.4 Å². The van der Waals surface area contributed by atoms with Crippen LogP contribution in [0.1, 0.15) is 56.3 Å². The number of carbonyl (C=O) groups is 2. The lowest BCUT2D eigenvalue weighted by molar-refractivity contribution is -0.121. The number of likely N-dealkylation sites (tertiary alicyclic amines) is 1. The van der Waals surface area contributed by atoms with E-state index in [2.05, 4.69) is 5.32 Å². The maximum atomic E-state index is 13.2. The van der Waals surface area contributed by atoms with E-state index in [0.29, 0.717) is 56.3 Å². The largest absolute Gasteiger partial charge is 0.490 e. The number of amides is 2. The maximum Gasteiger partial charge on any atom is 0.254 e. The normalized spacial score (nSPS) is 16.0. The monoisotopic (exact) mass is 427 g/mol. The quantitative estimate of drug-likeness (QED) is 0.598. The van der Waals surface area contributed by atoms with Gasteiger partial charge in [-0.3, -0.25) is 9.59 Å². The molecule has 1 aliphatic heterocycles. The van der Waals surface area contributed by atoms with Crippen molar-refractivity contribution in [2.75, 3.05) is 32.8 Å². The standard InChI is InChI=1S/C21H33N3O4.ClH/c1-3-13-28-18-9-8-16(14-19(18)27-4-2)21(26)24-12-6-5-7-17(24)15-23-20(25)10-11-22;/h8-9,14,17H,3-7,10-13,15,22H2,1-2H3,(H,23,25);1H. The Bertz CT molecular complexity index is 657. The molecular weight excluding hydrogens is 394 g/mol. The van der Waals surface area contributed by atoms with Crippen molar-refractivity contribution in [3.05, 3.63) is 23.8 Å². The van der Waals surface area contributed by atoms with Crippen LogP contribution in [0.5, 0.6) is 11.5 Å². The van der Waals surface area contributed by atoms with Crippen LogP contribution in [0.2, 0.25) is 0 Å². The zero-order valence-corrected chi connectivity index (χ0v) is 18.3. The molecule has 0 saturated carbocycles. The lowest BCUT2D eigenvalue weighted by atomic mass is 10.0. The highest BCUT2D eigenvalue weighted by Gasteiger charge is 2.28. The molecule has 1 fully saturated rings. The predicted octanol–water partition coefficient (Wildman–Crippen LogP) is 2.76. The van der Waals surface area contributed by atoms with E-state index in [9.17, 15) is 9.59 Å². The molecule has 0 radical (unpaired) electrons. The van der Waals surface area contributed by atoms with E-state index in [1.54, 1.807) is 18.2 Å². The Hall–Kier alpha value is -1.99. The zero-order valence-electron chi connectivity index (χ0n) is 17.4. The summed E-state index contributed by atoms with van der Waals surface area (Å²) in [7, 11) is 0. The van der Waals surface area contributed by atoms with Gasteiger partial charge in [0.25, 0.3) is 5.91 Å². The molecule has 0 aliphatic carbocycles. The summed E-state index contributed by atoms with van der Waals surface area (Å²) in [6.45, 7) is 6.52. The molecule has 164 valence electrons. The Morgan fingerprint density at radius 1 is 1.21 bits per heavy atom. The van der Waals surface area contributed by atoms with Crippen LogP contribution in [0.4, 0.5) is 0 Å². The number of nitrogens with two attached hydrogens (primary N) is 1. The van der Waals surface area contributed by atoms with Gasteiger partial charge in [-0.15, -0.1) is 12.4 Å². The average molecular weight is 428 g/mol. The van der Waals surface area contributed by atoms with Gasteiger partial charge in [-0.05, 0) is 50.8 Å². The topological polar surface area (TPSA) is 93.9 Å². The number of carbonyl (C=O) groups excluding carboxylic acids is 2.